The number of para-hydroxylation sites is 1. The number of pyridine rings is 1. The Morgan fingerprint density at radius 2 is 2.00 bits per heavy atom. The lowest BCUT2D eigenvalue weighted by molar-refractivity contribution is -0.115. The van der Waals surface area contributed by atoms with E-state index in [1.165, 1.54) is 11.8 Å². The van der Waals surface area contributed by atoms with Crippen LogP contribution in [0.2, 0.25) is 0 Å². The van der Waals surface area contributed by atoms with E-state index >= 15 is 0 Å². The molecule has 0 unspecified atom stereocenters. The highest BCUT2D eigenvalue weighted by Crippen LogP contribution is 2.27. The second kappa shape index (κ2) is 9.25. The van der Waals surface area contributed by atoms with Crippen LogP contribution in [0.1, 0.15) is 41.2 Å². The number of amides is 1. The second-order valence-electron chi connectivity index (χ2n) is 7.55. The van der Waals surface area contributed by atoms with Crippen molar-refractivity contribution in [1.29, 1.82) is 0 Å². The Labute approximate surface area is 193 Å². The molecule has 0 saturated heterocycles. The Bertz CT molecular complexity index is 1310. The fourth-order valence-electron chi connectivity index (χ4n) is 3.29. The smallest absolute Gasteiger partial charge is 0.350 e. The fourth-order valence-corrected chi connectivity index (χ4v) is 5.05. The molecule has 166 valence electrons. The minimum absolute atomic E-state index is 0.176. The summed E-state index contributed by atoms with van der Waals surface area (Å²) in [6.45, 7) is 7.36. The van der Waals surface area contributed by atoms with Crippen molar-refractivity contribution in [3.05, 3.63) is 46.5 Å². The zero-order chi connectivity index (χ0) is 22.8. The molecule has 3 heterocycles. The number of aryl methyl sites for hydroxylation is 2. The number of hydrogen-bond donors (Lipinski definition) is 1. The molecule has 3 aromatic heterocycles. The first-order chi connectivity index (χ1) is 15.3. The first-order valence-electron chi connectivity index (χ1n) is 10.2. The van der Waals surface area contributed by atoms with Gasteiger partial charge in [-0.05, 0) is 45.4 Å². The maximum Gasteiger partial charge on any atom is 0.350 e. The molecule has 1 N–H and O–H groups in total. The Kier molecular flexibility index (Phi) is 6.43. The number of hydrogen-bond acceptors (Lipinski definition) is 8. The number of rotatable bonds is 7. The molecule has 0 aliphatic heterocycles. The number of thiazole rings is 1. The first-order valence-corrected chi connectivity index (χ1v) is 12.0. The molecular weight excluding hydrogens is 446 g/mol. The Morgan fingerprint density at radius 3 is 2.78 bits per heavy atom. The maximum absolute atomic E-state index is 12.4. The third-order valence-corrected chi connectivity index (χ3v) is 6.69. The van der Waals surface area contributed by atoms with Gasteiger partial charge in [0.15, 0.2) is 15.9 Å². The summed E-state index contributed by atoms with van der Waals surface area (Å²) in [5, 5.41) is 13.6. The molecule has 1 aromatic carbocycles. The lowest BCUT2D eigenvalue weighted by atomic mass is 10.1. The average molecular weight is 470 g/mol. The lowest BCUT2D eigenvalue weighted by Gasteiger charge is -2.07. The zero-order valence-electron chi connectivity index (χ0n) is 18.2. The number of nitrogens with zero attached hydrogens (tertiary/aromatic N) is 4. The summed E-state index contributed by atoms with van der Waals surface area (Å²) in [6, 6.07) is 10.1. The van der Waals surface area contributed by atoms with Crippen LogP contribution >= 0.6 is 23.1 Å². The SMILES string of the molecule is Cc1nc(NC(=O)CCSc2nnc3cc(C)c4ccccc4n23)sc1C(=O)OC(C)C. The van der Waals surface area contributed by atoms with Gasteiger partial charge in [-0.25, -0.2) is 9.78 Å². The van der Waals surface area contributed by atoms with E-state index in [-0.39, 0.29) is 18.4 Å². The van der Waals surface area contributed by atoms with E-state index in [1.54, 1.807) is 20.8 Å². The number of ether oxygens (including phenoxy) is 1. The first kappa shape index (κ1) is 22.2. The third-order valence-electron chi connectivity index (χ3n) is 4.71. The van der Waals surface area contributed by atoms with E-state index in [4.69, 9.17) is 4.74 Å². The van der Waals surface area contributed by atoms with Crippen LogP contribution in [0, 0.1) is 13.8 Å². The van der Waals surface area contributed by atoms with E-state index in [9.17, 15) is 9.59 Å². The van der Waals surface area contributed by atoms with Gasteiger partial charge >= 0.3 is 5.97 Å². The average Bonchev–Trinajstić information content (AvgIpc) is 3.31. The maximum atomic E-state index is 12.4. The van der Waals surface area contributed by atoms with Crippen LogP contribution in [0.15, 0.2) is 35.5 Å². The molecule has 0 spiro atoms. The highest BCUT2D eigenvalue weighted by molar-refractivity contribution is 7.99. The number of carbonyl (C=O) groups is 2. The number of carbonyl (C=O) groups excluding carboxylic acids is 2. The van der Waals surface area contributed by atoms with Crippen molar-refractivity contribution in [1.82, 2.24) is 19.6 Å². The van der Waals surface area contributed by atoms with E-state index in [0.29, 0.717) is 21.5 Å². The summed E-state index contributed by atoms with van der Waals surface area (Å²) in [4.78, 5) is 29.2. The summed E-state index contributed by atoms with van der Waals surface area (Å²) in [7, 11) is 0. The number of fused-ring (bicyclic) bond motifs is 3. The zero-order valence-corrected chi connectivity index (χ0v) is 19.8. The number of esters is 1. The Hall–Kier alpha value is -2.98. The van der Waals surface area contributed by atoms with E-state index in [2.05, 4.69) is 33.5 Å². The van der Waals surface area contributed by atoms with Crippen LogP contribution in [-0.2, 0) is 9.53 Å². The number of aromatic nitrogens is 4. The van der Waals surface area contributed by atoms with Crippen LogP contribution in [-0.4, -0.2) is 43.3 Å². The van der Waals surface area contributed by atoms with Gasteiger partial charge in [0.05, 0.1) is 17.3 Å². The normalized spacial score (nSPS) is 11.4. The van der Waals surface area contributed by atoms with Crippen molar-refractivity contribution in [3.8, 4) is 0 Å². The summed E-state index contributed by atoms with van der Waals surface area (Å²) < 4.78 is 7.23. The van der Waals surface area contributed by atoms with Gasteiger partial charge in [-0.15, -0.1) is 10.2 Å². The lowest BCUT2D eigenvalue weighted by Crippen LogP contribution is -2.12. The molecule has 4 rings (SSSR count). The van der Waals surface area contributed by atoms with Crippen molar-refractivity contribution < 1.29 is 14.3 Å². The highest BCUT2D eigenvalue weighted by Gasteiger charge is 2.19. The number of thioether (sulfide) groups is 1. The minimum Gasteiger partial charge on any atom is -0.459 e. The molecule has 32 heavy (non-hydrogen) atoms. The van der Waals surface area contributed by atoms with Gasteiger partial charge in [-0.1, -0.05) is 41.3 Å². The number of benzene rings is 1. The molecular formula is C22H23N5O3S2. The van der Waals surface area contributed by atoms with Crippen LogP contribution in [0.4, 0.5) is 5.13 Å². The standard InChI is InChI=1S/C22H23N5O3S2/c1-12(2)30-20(29)19-14(4)23-21(32-19)24-18(28)9-10-31-22-26-25-17-11-13(3)15-7-5-6-8-16(15)27(17)22/h5-8,11-12H,9-10H2,1-4H3,(H,23,24,28). The Morgan fingerprint density at radius 1 is 1.22 bits per heavy atom. The van der Waals surface area contributed by atoms with Crippen molar-refractivity contribution in [2.45, 2.75) is 45.4 Å². The number of nitrogens with one attached hydrogen (secondary N) is 1. The van der Waals surface area contributed by atoms with Crippen LogP contribution < -0.4 is 5.32 Å². The van der Waals surface area contributed by atoms with Gasteiger partial charge < -0.3 is 10.1 Å². The predicted molar refractivity (Wildman–Crippen MR) is 127 cm³/mol. The predicted octanol–water partition coefficient (Wildman–Crippen LogP) is 4.64. The van der Waals surface area contributed by atoms with Gasteiger partial charge in [0, 0.05) is 17.6 Å². The van der Waals surface area contributed by atoms with Crippen LogP contribution in [0.25, 0.3) is 16.6 Å². The molecule has 0 radical (unpaired) electrons. The van der Waals surface area contributed by atoms with Crippen LogP contribution in [0.3, 0.4) is 0 Å². The summed E-state index contributed by atoms with van der Waals surface area (Å²) in [6.07, 6.45) is 0.0571. The van der Waals surface area contributed by atoms with Gasteiger partial charge in [0.25, 0.3) is 0 Å². The summed E-state index contributed by atoms with van der Waals surface area (Å²) in [5.74, 6) is -0.0710. The molecule has 0 fully saturated rings. The molecule has 0 aliphatic rings. The van der Waals surface area contributed by atoms with Gasteiger partial charge in [-0.2, -0.15) is 0 Å². The molecule has 0 atom stereocenters. The molecule has 1 amide bonds. The summed E-state index contributed by atoms with van der Waals surface area (Å²) in [5.41, 5.74) is 3.51. The van der Waals surface area contributed by atoms with E-state index < -0.39 is 5.97 Å². The van der Waals surface area contributed by atoms with E-state index in [1.807, 2.05) is 28.7 Å². The van der Waals surface area contributed by atoms with E-state index in [0.717, 1.165) is 38.6 Å². The summed E-state index contributed by atoms with van der Waals surface area (Å²) >= 11 is 2.60. The molecule has 10 heteroatoms. The topological polar surface area (TPSA) is 98.5 Å². The highest BCUT2D eigenvalue weighted by atomic mass is 32.2. The van der Waals surface area contributed by atoms with Gasteiger partial charge in [0.1, 0.15) is 4.88 Å². The van der Waals surface area contributed by atoms with Crippen molar-refractivity contribution in [3.63, 3.8) is 0 Å². The quantitative estimate of drug-likeness (QED) is 0.311. The monoisotopic (exact) mass is 469 g/mol. The van der Waals surface area contributed by atoms with Crippen LogP contribution in [0.5, 0.6) is 0 Å². The van der Waals surface area contributed by atoms with Gasteiger partial charge in [0.2, 0.25) is 5.91 Å². The third kappa shape index (κ3) is 4.61. The molecule has 0 aliphatic carbocycles. The number of anilines is 1. The largest absolute Gasteiger partial charge is 0.459 e. The molecule has 8 nitrogen and oxygen atoms in total. The molecule has 4 aromatic rings. The van der Waals surface area contributed by atoms with Crippen molar-refractivity contribution in [2.75, 3.05) is 11.1 Å². The second-order valence-corrected chi connectivity index (χ2v) is 9.62. The van der Waals surface area contributed by atoms with Crippen molar-refractivity contribution >= 4 is 56.7 Å². The Balaban J connectivity index is 1.40. The van der Waals surface area contributed by atoms with Crippen molar-refractivity contribution in [2.24, 2.45) is 0 Å². The molecule has 0 saturated carbocycles. The fraction of sp³-hybridized carbons (Fsp3) is 0.318. The molecule has 0 bridgehead atoms. The minimum atomic E-state index is -0.424. The van der Waals surface area contributed by atoms with Gasteiger partial charge in [-0.3, -0.25) is 9.20 Å².